The Labute approximate surface area is 81.9 Å². The topological polar surface area (TPSA) is 23.5 Å². The first-order valence-electron chi connectivity index (χ1n) is 5.43. The van der Waals surface area contributed by atoms with Gasteiger partial charge < -0.3 is 10.0 Å². The fraction of sp³-hybridized carbons (Fsp3) is 1.00. The van der Waals surface area contributed by atoms with Crippen molar-refractivity contribution in [2.24, 2.45) is 11.3 Å². The number of hydrogen-bond acceptors (Lipinski definition) is 2. The first-order chi connectivity index (χ1) is 6.10. The molecule has 0 saturated carbocycles. The molecule has 0 aromatic heterocycles. The Morgan fingerprint density at radius 3 is 2.62 bits per heavy atom. The van der Waals surface area contributed by atoms with Crippen molar-refractivity contribution in [2.75, 3.05) is 26.2 Å². The Bertz CT molecular complexity index is 156. The lowest BCUT2D eigenvalue weighted by Crippen LogP contribution is -2.47. The van der Waals surface area contributed by atoms with Gasteiger partial charge in [0.1, 0.15) is 0 Å². The van der Waals surface area contributed by atoms with E-state index in [1.165, 1.54) is 19.5 Å². The number of piperidine rings is 1. The maximum Gasteiger partial charge on any atom is 0.0465 e. The number of aliphatic hydroxyl groups is 1. The van der Waals surface area contributed by atoms with Gasteiger partial charge in [0.05, 0.1) is 0 Å². The quantitative estimate of drug-likeness (QED) is 0.724. The van der Waals surface area contributed by atoms with E-state index >= 15 is 0 Å². The zero-order valence-electron chi connectivity index (χ0n) is 9.21. The molecule has 2 nitrogen and oxygen atoms in total. The van der Waals surface area contributed by atoms with Crippen molar-refractivity contribution in [1.82, 2.24) is 4.90 Å². The minimum Gasteiger partial charge on any atom is -0.396 e. The van der Waals surface area contributed by atoms with Gasteiger partial charge in [-0.3, -0.25) is 0 Å². The van der Waals surface area contributed by atoms with Crippen LogP contribution in [0.25, 0.3) is 0 Å². The largest absolute Gasteiger partial charge is 0.396 e. The summed E-state index contributed by atoms with van der Waals surface area (Å²) in [5.41, 5.74) is 0.294. The molecule has 0 aliphatic carbocycles. The van der Waals surface area contributed by atoms with E-state index in [4.69, 9.17) is 0 Å². The van der Waals surface area contributed by atoms with Gasteiger partial charge in [0.25, 0.3) is 0 Å². The van der Waals surface area contributed by atoms with E-state index in [0.717, 1.165) is 13.0 Å². The smallest absolute Gasteiger partial charge is 0.0465 e. The first kappa shape index (κ1) is 11.0. The van der Waals surface area contributed by atoms with E-state index in [2.05, 4.69) is 25.7 Å². The normalized spacial score (nSPS) is 29.1. The molecule has 1 N–H and O–H groups in total. The van der Waals surface area contributed by atoms with Crippen LogP contribution in [0.2, 0.25) is 0 Å². The van der Waals surface area contributed by atoms with Crippen molar-refractivity contribution in [3.63, 3.8) is 0 Å². The van der Waals surface area contributed by atoms with Crippen molar-refractivity contribution < 1.29 is 5.11 Å². The lowest BCUT2D eigenvalue weighted by atomic mass is 9.74. The molecule has 13 heavy (non-hydrogen) atoms. The van der Waals surface area contributed by atoms with Crippen LogP contribution in [0.1, 0.15) is 33.6 Å². The zero-order valence-corrected chi connectivity index (χ0v) is 9.21. The minimum absolute atomic E-state index is 0.294. The molecule has 1 aliphatic rings. The summed E-state index contributed by atoms with van der Waals surface area (Å²) >= 11 is 0. The van der Waals surface area contributed by atoms with Gasteiger partial charge in [0, 0.05) is 13.2 Å². The molecule has 1 fully saturated rings. The van der Waals surface area contributed by atoms with Crippen molar-refractivity contribution in [3.8, 4) is 0 Å². The average molecular weight is 185 g/mol. The zero-order chi connectivity index (χ0) is 9.90. The highest BCUT2D eigenvalue weighted by atomic mass is 16.3. The molecule has 0 aromatic rings. The fourth-order valence-corrected chi connectivity index (χ4v) is 2.36. The third-order valence-corrected chi connectivity index (χ3v) is 3.29. The number of aliphatic hydroxyl groups excluding tert-OH is 1. The van der Waals surface area contributed by atoms with E-state index in [1.807, 2.05) is 0 Å². The van der Waals surface area contributed by atoms with Crippen LogP contribution in [0, 0.1) is 11.3 Å². The summed E-state index contributed by atoms with van der Waals surface area (Å²) in [6.07, 6.45) is 2.39. The average Bonchev–Trinajstić information content (AvgIpc) is 2.03. The highest BCUT2D eigenvalue weighted by Crippen LogP contribution is 2.34. The minimum atomic E-state index is 0.294. The van der Waals surface area contributed by atoms with Crippen molar-refractivity contribution in [2.45, 2.75) is 33.6 Å². The van der Waals surface area contributed by atoms with Crippen molar-refractivity contribution in [3.05, 3.63) is 0 Å². The van der Waals surface area contributed by atoms with Gasteiger partial charge in [-0.15, -0.1) is 0 Å². The third kappa shape index (κ3) is 2.68. The third-order valence-electron chi connectivity index (χ3n) is 3.29. The van der Waals surface area contributed by atoms with E-state index in [9.17, 15) is 5.11 Å². The molecule has 2 heteroatoms. The maximum atomic E-state index is 9.22. The van der Waals surface area contributed by atoms with E-state index < -0.39 is 0 Å². The van der Waals surface area contributed by atoms with Crippen LogP contribution in [-0.4, -0.2) is 36.2 Å². The molecule has 1 aliphatic heterocycles. The Kier molecular flexibility index (Phi) is 3.74. The van der Waals surface area contributed by atoms with E-state index in [0.29, 0.717) is 17.9 Å². The van der Waals surface area contributed by atoms with Crippen LogP contribution in [0.3, 0.4) is 0 Å². The molecule has 0 bridgehead atoms. The molecule has 1 unspecified atom stereocenters. The summed E-state index contributed by atoms with van der Waals surface area (Å²) in [6, 6.07) is 0. The van der Waals surface area contributed by atoms with E-state index in [-0.39, 0.29) is 0 Å². The molecule has 1 saturated heterocycles. The number of hydrogen-bond donors (Lipinski definition) is 1. The van der Waals surface area contributed by atoms with Crippen molar-refractivity contribution >= 4 is 0 Å². The summed E-state index contributed by atoms with van der Waals surface area (Å²) in [5, 5.41) is 9.22. The van der Waals surface area contributed by atoms with Crippen molar-refractivity contribution in [1.29, 1.82) is 0 Å². The van der Waals surface area contributed by atoms with E-state index in [1.54, 1.807) is 0 Å². The second-order valence-electron chi connectivity index (χ2n) is 4.93. The second kappa shape index (κ2) is 4.43. The SMILES string of the molecule is CCCN1CCC(CO)C(C)(C)C1. The Balaban J connectivity index is 2.48. The molecule has 0 spiro atoms. The molecule has 1 heterocycles. The number of likely N-dealkylation sites (tertiary alicyclic amines) is 1. The van der Waals surface area contributed by atoms with Crippen LogP contribution in [0.4, 0.5) is 0 Å². The van der Waals surface area contributed by atoms with Crippen LogP contribution >= 0.6 is 0 Å². The van der Waals surface area contributed by atoms with Crippen LogP contribution in [0.5, 0.6) is 0 Å². The van der Waals surface area contributed by atoms with Crippen LogP contribution < -0.4 is 0 Å². The van der Waals surface area contributed by atoms with Crippen LogP contribution in [-0.2, 0) is 0 Å². The molecule has 1 atom stereocenters. The highest BCUT2D eigenvalue weighted by Gasteiger charge is 2.34. The maximum absolute atomic E-state index is 9.22. The number of rotatable bonds is 3. The summed E-state index contributed by atoms with van der Waals surface area (Å²) in [6.45, 7) is 10.7. The monoisotopic (exact) mass is 185 g/mol. The summed E-state index contributed by atoms with van der Waals surface area (Å²) in [4.78, 5) is 2.52. The number of nitrogens with zero attached hydrogens (tertiary/aromatic N) is 1. The summed E-state index contributed by atoms with van der Waals surface area (Å²) in [7, 11) is 0. The standard InChI is InChI=1S/C11H23NO/c1-4-6-12-7-5-10(8-13)11(2,3)9-12/h10,13H,4-9H2,1-3H3. The van der Waals surface area contributed by atoms with Gasteiger partial charge in [0.15, 0.2) is 0 Å². The fourth-order valence-electron chi connectivity index (χ4n) is 2.36. The molecule has 0 radical (unpaired) electrons. The lowest BCUT2D eigenvalue weighted by Gasteiger charge is -2.43. The second-order valence-corrected chi connectivity index (χ2v) is 4.93. The molecule has 78 valence electrons. The Hall–Kier alpha value is -0.0800. The van der Waals surface area contributed by atoms with Gasteiger partial charge in [-0.05, 0) is 37.3 Å². The van der Waals surface area contributed by atoms with Gasteiger partial charge in [-0.25, -0.2) is 0 Å². The predicted molar refractivity (Wildman–Crippen MR) is 55.7 cm³/mol. The first-order valence-corrected chi connectivity index (χ1v) is 5.43. The highest BCUT2D eigenvalue weighted by molar-refractivity contribution is 4.86. The van der Waals surface area contributed by atoms with Gasteiger partial charge >= 0.3 is 0 Å². The predicted octanol–water partition coefficient (Wildman–Crippen LogP) is 1.74. The van der Waals surface area contributed by atoms with Gasteiger partial charge in [-0.2, -0.15) is 0 Å². The Morgan fingerprint density at radius 1 is 1.46 bits per heavy atom. The van der Waals surface area contributed by atoms with Gasteiger partial charge in [0.2, 0.25) is 0 Å². The lowest BCUT2D eigenvalue weighted by molar-refractivity contribution is 0.0215. The van der Waals surface area contributed by atoms with Gasteiger partial charge in [-0.1, -0.05) is 20.8 Å². The molecular weight excluding hydrogens is 162 g/mol. The molecular formula is C11H23NO. The Morgan fingerprint density at radius 2 is 2.15 bits per heavy atom. The van der Waals surface area contributed by atoms with Crippen LogP contribution in [0.15, 0.2) is 0 Å². The molecule has 0 aromatic carbocycles. The molecule has 1 rings (SSSR count). The summed E-state index contributed by atoms with van der Waals surface area (Å²) < 4.78 is 0. The molecule has 0 amide bonds. The summed E-state index contributed by atoms with van der Waals surface area (Å²) in [5.74, 6) is 0.501.